The number of hydrogen-bond acceptors (Lipinski definition) is 3. The first kappa shape index (κ1) is 9.36. The predicted octanol–water partition coefficient (Wildman–Crippen LogP) is 0.804. The Labute approximate surface area is 73.0 Å². The molecule has 66 valence electrons. The molecule has 0 aromatic heterocycles. The van der Waals surface area contributed by atoms with E-state index in [0.717, 1.165) is 19.5 Å². The summed E-state index contributed by atoms with van der Waals surface area (Å²) in [5.74, 6) is 1.17. The number of aliphatic hydroxyl groups is 1. The molecular weight excluding hydrogens is 158 g/mol. The Bertz CT molecular complexity index is 121. The molecule has 1 heterocycles. The highest BCUT2D eigenvalue weighted by Crippen LogP contribution is 2.14. The minimum atomic E-state index is -0.0701. The molecule has 1 rings (SSSR count). The topological polar surface area (TPSA) is 23.5 Å². The summed E-state index contributed by atoms with van der Waals surface area (Å²) in [5.41, 5.74) is 0. The fourth-order valence-electron chi connectivity index (χ4n) is 1.52. The Hall–Kier alpha value is 0.270. The van der Waals surface area contributed by atoms with Gasteiger partial charge in [-0.05, 0) is 19.6 Å². The number of nitrogens with zero attached hydrogens (tertiary/aromatic N) is 1. The molecule has 2 atom stereocenters. The van der Waals surface area contributed by atoms with Crippen molar-refractivity contribution in [1.29, 1.82) is 0 Å². The first-order valence-electron chi connectivity index (χ1n) is 4.15. The van der Waals surface area contributed by atoms with Gasteiger partial charge in [0.2, 0.25) is 0 Å². The van der Waals surface area contributed by atoms with Gasteiger partial charge in [0.05, 0.1) is 6.10 Å². The Balaban J connectivity index is 2.25. The van der Waals surface area contributed by atoms with Crippen molar-refractivity contribution in [2.75, 3.05) is 25.1 Å². The van der Waals surface area contributed by atoms with Crippen LogP contribution in [-0.4, -0.2) is 47.3 Å². The summed E-state index contributed by atoms with van der Waals surface area (Å²) in [6.07, 6.45) is 3.01. The second-order valence-electron chi connectivity index (χ2n) is 3.24. The third kappa shape index (κ3) is 2.65. The highest BCUT2D eigenvalue weighted by molar-refractivity contribution is 7.98. The number of rotatable bonds is 3. The first-order valence-corrected chi connectivity index (χ1v) is 5.54. The van der Waals surface area contributed by atoms with Gasteiger partial charge in [-0.2, -0.15) is 11.8 Å². The summed E-state index contributed by atoms with van der Waals surface area (Å²) in [6.45, 7) is 4.18. The van der Waals surface area contributed by atoms with E-state index in [-0.39, 0.29) is 6.10 Å². The van der Waals surface area contributed by atoms with Crippen molar-refractivity contribution < 1.29 is 5.11 Å². The summed E-state index contributed by atoms with van der Waals surface area (Å²) in [7, 11) is 0. The molecule has 1 saturated heterocycles. The SMILES string of the molecule is CSCC(C)N1CCC(O)C1. The van der Waals surface area contributed by atoms with Crippen molar-refractivity contribution in [2.45, 2.75) is 25.5 Å². The third-order valence-electron chi connectivity index (χ3n) is 2.23. The maximum Gasteiger partial charge on any atom is 0.0679 e. The van der Waals surface area contributed by atoms with E-state index in [4.69, 9.17) is 0 Å². The Kier molecular flexibility index (Phi) is 3.69. The van der Waals surface area contributed by atoms with Crippen LogP contribution in [0.3, 0.4) is 0 Å². The largest absolute Gasteiger partial charge is 0.392 e. The van der Waals surface area contributed by atoms with E-state index in [2.05, 4.69) is 18.1 Å². The van der Waals surface area contributed by atoms with E-state index >= 15 is 0 Å². The molecule has 0 radical (unpaired) electrons. The maximum atomic E-state index is 9.27. The van der Waals surface area contributed by atoms with Crippen molar-refractivity contribution in [3.63, 3.8) is 0 Å². The normalized spacial score (nSPS) is 29.2. The van der Waals surface area contributed by atoms with Gasteiger partial charge in [0, 0.05) is 24.9 Å². The van der Waals surface area contributed by atoms with Crippen molar-refractivity contribution in [3.05, 3.63) is 0 Å². The average Bonchev–Trinajstić information content (AvgIpc) is 2.36. The number of likely N-dealkylation sites (tertiary alicyclic amines) is 1. The molecule has 0 aliphatic carbocycles. The number of β-amino-alcohol motifs (C(OH)–C–C–N with tert-alkyl or cyclic N) is 1. The molecule has 11 heavy (non-hydrogen) atoms. The Morgan fingerprint density at radius 3 is 2.91 bits per heavy atom. The molecule has 1 N–H and O–H groups in total. The van der Waals surface area contributed by atoms with Crippen molar-refractivity contribution in [2.24, 2.45) is 0 Å². The lowest BCUT2D eigenvalue weighted by Crippen LogP contribution is -2.33. The molecule has 1 aliphatic heterocycles. The van der Waals surface area contributed by atoms with Crippen LogP contribution < -0.4 is 0 Å². The van der Waals surface area contributed by atoms with Gasteiger partial charge in [-0.25, -0.2) is 0 Å². The van der Waals surface area contributed by atoms with Crippen molar-refractivity contribution >= 4 is 11.8 Å². The van der Waals surface area contributed by atoms with E-state index in [9.17, 15) is 5.11 Å². The zero-order valence-corrected chi connectivity index (χ0v) is 8.10. The molecule has 0 amide bonds. The second-order valence-corrected chi connectivity index (χ2v) is 4.15. The predicted molar refractivity (Wildman–Crippen MR) is 50.0 cm³/mol. The van der Waals surface area contributed by atoms with Crippen LogP contribution in [-0.2, 0) is 0 Å². The molecule has 0 saturated carbocycles. The van der Waals surface area contributed by atoms with Gasteiger partial charge in [-0.1, -0.05) is 0 Å². The molecule has 0 aromatic rings. The number of hydrogen-bond donors (Lipinski definition) is 1. The standard InChI is InChI=1S/C8H17NOS/c1-7(6-11-2)9-4-3-8(10)5-9/h7-8,10H,3-6H2,1-2H3. The lowest BCUT2D eigenvalue weighted by molar-refractivity contribution is 0.167. The molecule has 3 heteroatoms. The fourth-order valence-corrected chi connectivity index (χ4v) is 2.21. The van der Waals surface area contributed by atoms with Gasteiger partial charge >= 0.3 is 0 Å². The number of aliphatic hydroxyl groups excluding tert-OH is 1. The molecule has 0 bridgehead atoms. The summed E-state index contributed by atoms with van der Waals surface area (Å²) in [6, 6.07) is 0.627. The quantitative estimate of drug-likeness (QED) is 0.686. The molecule has 1 aliphatic rings. The van der Waals surface area contributed by atoms with Gasteiger partial charge in [-0.3, -0.25) is 4.90 Å². The Morgan fingerprint density at radius 1 is 1.73 bits per heavy atom. The van der Waals surface area contributed by atoms with Crippen LogP contribution >= 0.6 is 11.8 Å². The van der Waals surface area contributed by atoms with Gasteiger partial charge in [0.25, 0.3) is 0 Å². The highest BCUT2D eigenvalue weighted by atomic mass is 32.2. The number of thioether (sulfide) groups is 1. The van der Waals surface area contributed by atoms with Gasteiger partial charge in [-0.15, -0.1) is 0 Å². The van der Waals surface area contributed by atoms with Crippen LogP contribution in [0.5, 0.6) is 0 Å². The summed E-state index contributed by atoms with van der Waals surface area (Å²) >= 11 is 1.87. The molecular formula is C8H17NOS. The molecule has 0 aromatic carbocycles. The van der Waals surface area contributed by atoms with Crippen LogP contribution in [0.15, 0.2) is 0 Å². The van der Waals surface area contributed by atoms with Crippen molar-refractivity contribution in [3.8, 4) is 0 Å². The summed E-state index contributed by atoms with van der Waals surface area (Å²) < 4.78 is 0. The first-order chi connectivity index (χ1) is 5.24. The average molecular weight is 175 g/mol. The lowest BCUT2D eigenvalue weighted by Gasteiger charge is -2.22. The zero-order valence-electron chi connectivity index (χ0n) is 7.29. The maximum absolute atomic E-state index is 9.27. The molecule has 2 nitrogen and oxygen atoms in total. The smallest absolute Gasteiger partial charge is 0.0679 e. The van der Waals surface area contributed by atoms with E-state index in [1.165, 1.54) is 5.75 Å². The monoisotopic (exact) mass is 175 g/mol. The summed E-state index contributed by atoms with van der Waals surface area (Å²) in [5, 5.41) is 9.27. The fraction of sp³-hybridized carbons (Fsp3) is 1.00. The molecule has 0 spiro atoms. The minimum Gasteiger partial charge on any atom is -0.392 e. The summed E-state index contributed by atoms with van der Waals surface area (Å²) in [4.78, 5) is 2.36. The van der Waals surface area contributed by atoms with Crippen LogP contribution in [0.2, 0.25) is 0 Å². The van der Waals surface area contributed by atoms with Crippen LogP contribution in [0, 0.1) is 0 Å². The van der Waals surface area contributed by atoms with Gasteiger partial charge in [0.15, 0.2) is 0 Å². The molecule has 2 unspecified atom stereocenters. The van der Waals surface area contributed by atoms with E-state index in [1.807, 2.05) is 11.8 Å². The minimum absolute atomic E-state index is 0.0701. The van der Waals surface area contributed by atoms with Gasteiger partial charge in [0.1, 0.15) is 0 Å². The lowest BCUT2D eigenvalue weighted by atomic mass is 10.3. The van der Waals surface area contributed by atoms with E-state index in [1.54, 1.807) is 0 Å². The highest BCUT2D eigenvalue weighted by Gasteiger charge is 2.23. The van der Waals surface area contributed by atoms with Crippen LogP contribution in [0.1, 0.15) is 13.3 Å². The Morgan fingerprint density at radius 2 is 2.45 bits per heavy atom. The third-order valence-corrected chi connectivity index (χ3v) is 3.04. The van der Waals surface area contributed by atoms with Gasteiger partial charge < -0.3 is 5.11 Å². The van der Waals surface area contributed by atoms with Crippen LogP contribution in [0.4, 0.5) is 0 Å². The molecule has 1 fully saturated rings. The van der Waals surface area contributed by atoms with E-state index in [0.29, 0.717) is 6.04 Å². The van der Waals surface area contributed by atoms with Crippen molar-refractivity contribution in [1.82, 2.24) is 4.90 Å². The van der Waals surface area contributed by atoms with E-state index < -0.39 is 0 Å². The van der Waals surface area contributed by atoms with Crippen LogP contribution in [0.25, 0.3) is 0 Å². The zero-order chi connectivity index (χ0) is 8.27. The second kappa shape index (κ2) is 4.33.